The third kappa shape index (κ3) is 5.95. The number of carbonyl (C=O) groups excluding carboxylic acids is 2. The summed E-state index contributed by atoms with van der Waals surface area (Å²) in [7, 11) is -0.546. The fourth-order valence-corrected chi connectivity index (χ4v) is 6.03. The van der Waals surface area contributed by atoms with E-state index in [2.05, 4.69) is 0 Å². The van der Waals surface area contributed by atoms with Crippen LogP contribution >= 0.6 is 11.6 Å². The van der Waals surface area contributed by atoms with Crippen molar-refractivity contribution < 1.29 is 23.3 Å². The molecule has 3 unspecified atom stereocenters. The van der Waals surface area contributed by atoms with Gasteiger partial charge in [-0.1, -0.05) is 66.2 Å². The van der Waals surface area contributed by atoms with Crippen LogP contribution in [-0.2, 0) is 30.0 Å². The van der Waals surface area contributed by atoms with E-state index in [4.69, 9.17) is 21.1 Å². The number of benzene rings is 3. The summed E-state index contributed by atoms with van der Waals surface area (Å²) in [6.07, 6.45) is 0.376. The van der Waals surface area contributed by atoms with Gasteiger partial charge in [0.25, 0.3) is 0 Å². The van der Waals surface area contributed by atoms with Gasteiger partial charge in [-0.15, -0.1) is 0 Å². The van der Waals surface area contributed by atoms with Gasteiger partial charge in [-0.25, -0.2) is 9.00 Å². The van der Waals surface area contributed by atoms with Crippen LogP contribution in [0.25, 0.3) is 11.1 Å². The molecule has 4 rings (SSSR count). The van der Waals surface area contributed by atoms with Crippen LogP contribution in [0.3, 0.4) is 0 Å². The van der Waals surface area contributed by atoms with Crippen molar-refractivity contribution in [1.29, 1.82) is 0 Å². The minimum atomic E-state index is -1.85. The molecule has 1 aliphatic carbocycles. The first kappa shape index (κ1) is 27.0. The van der Waals surface area contributed by atoms with Crippen LogP contribution in [0.1, 0.15) is 38.7 Å². The van der Waals surface area contributed by atoms with Crippen LogP contribution in [0.15, 0.2) is 83.8 Å². The molecule has 0 radical (unpaired) electrons. The molecule has 0 N–H and O–H groups in total. The summed E-state index contributed by atoms with van der Waals surface area (Å²) in [5, 5.41) is 0.643. The monoisotopic (exact) mass is 539 g/mol. The number of hydrogen-bond acceptors (Lipinski definition) is 5. The number of ether oxygens (including phenoxy) is 2. The topological polar surface area (TPSA) is 72.9 Å². The molecule has 0 bridgehead atoms. The molecule has 0 heterocycles. The predicted octanol–water partition coefficient (Wildman–Crippen LogP) is 5.77. The van der Waals surface area contributed by atoms with Crippen molar-refractivity contribution >= 4 is 34.5 Å². The Labute approximate surface area is 225 Å². The van der Waals surface area contributed by atoms with Gasteiger partial charge >= 0.3 is 11.9 Å². The van der Waals surface area contributed by atoms with Crippen LogP contribution < -0.4 is 0 Å². The van der Waals surface area contributed by atoms with Gasteiger partial charge in [-0.2, -0.15) is 4.31 Å². The maximum absolute atomic E-state index is 14.0. The summed E-state index contributed by atoms with van der Waals surface area (Å²) in [4.78, 5) is 26.6. The highest BCUT2D eigenvalue weighted by molar-refractivity contribution is 7.82. The number of rotatable bonds is 8. The van der Waals surface area contributed by atoms with Gasteiger partial charge in [0.05, 0.1) is 12.0 Å². The van der Waals surface area contributed by atoms with Gasteiger partial charge in [0.15, 0.2) is 0 Å². The van der Waals surface area contributed by atoms with E-state index in [0.29, 0.717) is 16.3 Å². The molecule has 1 fully saturated rings. The van der Waals surface area contributed by atoms with Crippen LogP contribution in [0.5, 0.6) is 0 Å². The minimum Gasteiger partial charge on any atom is -0.468 e. The molecular weight excluding hydrogens is 510 g/mol. The lowest BCUT2D eigenvalue weighted by atomic mass is 10.1. The van der Waals surface area contributed by atoms with Crippen LogP contribution in [0.4, 0.5) is 0 Å². The first-order valence-corrected chi connectivity index (χ1v) is 13.4. The molecule has 0 amide bonds. The highest BCUT2D eigenvalue weighted by atomic mass is 35.5. The van der Waals surface area contributed by atoms with Crippen molar-refractivity contribution in [1.82, 2.24) is 4.31 Å². The molecule has 1 saturated carbocycles. The average Bonchev–Trinajstić information content (AvgIpc) is 3.63. The summed E-state index contributed by atoms with van der Waals surface area (Å²) in [5.41, 5.74) is 0.812. The number of halogens is 1. The van der Waals surface area contributed by atoms with Gasteiger partial charge in [-0.3, -0.25) is 4.79 Å². The largest absolute Gasteiger partial charge is 0.468 e. The Morgan fingerprint density at radius 1 is 0.973 bits per heavy atom. The fourth-order valence-electron chi connectivity index (χ4n) is 4.48. The van der Waals surface area contributed by atoms with E-state index >= 15 is 0 Å². The molecule has 0 aliphatic heterocycles. The Hall–Kier alpha value is -3.00. The lowest BCUT2D eigenvalue weighted by molar-refractivity contribution is -0.157. The summed E-state index contributed by atoms with van der Waals surface area (Å²) >= 11 is 6.00. The van der Waals surface area contributed by atoms with Crippen molar-refractivity contribution in [3.8, 4) is 11.1 Å². The third-order valence-electron chi connectivity index (χ3n) is 6.24. The van der Waals surface area contributed by atoms with E-state index in [1.54, 1.807) is 32.9 Å². The minimum absolute atomic E-state index is 0.277. The highest BCUT2D eigenvalue weighted by Gasteiger charge is 2.67. The Kier molecular flexibility index (Phi) is 7.88. The van der Waals surface area contributed by atoms with E-state index in [1.807, 2.05) is 66.7 Å². The zero-order valence-corrected chi connectivity index (χ0v) is 22.8. The van der Waals surface area contributed by atoms with Crippen molar-refractivity contribution in [2.75, 3.05) is 13.7 Å². The van der Waals surface area contributed by atoms with Crippen molar-refractivity contribution in [2.45, 2.75) is 49.1 Å². The third-order valence-corrected chi connectivity index (χ3v) is 8.03. The maximum Gasteiger partial charge on any atom is 0.327 e. The number of methoxy groups -OCH3 is 1. The van der Waals surface area contributed by atoms with Crippen LogP contribution in [0, 0.1) is 0 Å². The lowest BCUT2D eigenvalue weighted by Gasteiger charge is -2.30. The second-order valence-corrected chi connectivity index (χ2v) is 11.8. The molecule has 3 aromatic carbocycles. The summed E-state index contributed by atoms with van der Waals surface area (Å²) in [5.74, 6) is -1.38. The average molecular weight is 540 g/mol. The number of nitrogens with zero attached hydrogens (tertiary/aromatic N) is 1. The van der Waals surface area contributed by atoms with E-state index in [9.17, 15) is 13.8 Å². The smallest absolute Gasteiger partial charge is 0.327 e. The van der Waals surface area contributed by atoms with E-state index < -0.39 is 34.1 Å². The van der Waals surface area contributed by atoms with Crippen molar-refractivity contribution in [3.05, 3.63) is 89.4 Å². The standard InChI is InChI=1S/C29H30ClNO5S/c1-28(2,3)36-26(32)19-31(29(27(33)35-4)18-25(29)22-8-6-5-7-9-22)37(34)24-16-12-21(13-17-24)20-10-14-23(30)15-11-20/h5-17,25H,18-19H2,1-4H3. The quantitative estimate of drug-likeness (QED) is 0.340. The van der Waals surface area contributed by atoms with Crippen molar-refractivity contribution in [2.24, 2.45) is 0 Å². The van der Waals surface area contributed by atoms with Crippen LogP contribution in [0.2, 0.25) is 5.02 Å². The van der Waals surface area contributed by atoms with E-state index in [-0.39, 0.29) is 12.5 Å². The molecular formula is C29H30ClNO5S. The first-order chi connectivity index (χ1) is 17.5. The number of esters is 2. The van der Waals surface area contributed by atoms with Gasteiger partial charge in [0.1, 0.15) is 28.7 Å². The fraction of sp³-hybridized carbons (Fsp3) is 0.310. The number of hydrogen-bond donors (Lipinski definition) is 0. The molecule has 0 aromatic heterocycles. The van der Waals surface area contributed by atoms with E-state index in [1.165, 1.54) is 11.4 Å². The Balaban J connectivity index is 1.70. The van der Waals surface area contributed by atoms with Gasteiger partial charge < -0.3 is 9.47 Å². The SMILES string of the molecule is COC(=O)C1(N(CC(=O)OC(C)(C)C)S(=O)c2ccc(-c3ccc(Cl)cc3)cc2)CC1c1ccccc1. The summed E-state index contributed by atoms with van der Waals surface area (Å²) in [6, 6.07) is 24.1. The Morgan fingerprint density at radius 2 is 1.54 bits per heavy atom. The van der Waals surface area contributed by atoms with E-state index in [0.717, 1.165) is 16.7 Å². The second kappa shape index (κ2) is 10.8. The van der Waals surface area contributed by atoms with Crippen molar-refractivity contribution in [3.63, 3.8) is 0 Å². The molecule has 8 heteroatoms. The predicted molar refractivity (Wildman–Crippen MR) is 144 cm³/mol. The van der Waals surface area contributed by atoms with Gasteiger partial charge in [-0.05, 0) is 68.1 Å². The molecule has 3 atom stereocenters. The summed E-state index contributed by atoms with van der Waals surface area (Å²) < 4.78 is 26.2. The van der Waals surface area contributed by atoms with Gasteiger partial charge in [0, 0.05) is 10.9 Å². The zero-order valence-electron chi connectivity index (χ0n) is 21.3. The van der Waals surface area contributed by atoms with Crippen LogP contribution in [-0.4, -0.2) is 45.2 Å². The summed E-state index contributed by atoms with van der Waals surface area (Å²) in [6.45, 7) is 4.96. The lowest BCUT2D eigenvalue weighted by Crippen LogP contribution is -2.49. The van der Waals surface area contributed by atoms with Gasteiger partial charge in [0.2, 0.25) is 0 Å². The molecule has 3 aromatic rings. The maximum atomic E-state index is 14.0. The molecule has 0 spiro atoms. The molecule has 1 aliphatic rings. The second-order valence-electron chi connectivity index (χ2n) is 9.99. The Bertz CT molecular complexity index is 1290. The molecule has 194 valence electrons. The Morgan fingerprint density at radius 3 is 2.08 bits per heavy atom. The highest BCUT2D eigenvalue weighted by Crippen LogP contribution is 2.57. The normalized spacial score (nSPS) is 19.8. The molecule has 0 saturated heterocycles. The zero-order chi connectivity index (χ0) is 26.8. The molecule has 6 nitrogen and oxygen atoms in total. The first-order valence-electron chi connectivity index (χ1n) is 12.0. The molecule has 37 heavy (non-hydrogen) atoms. The number of carbonyl (C=O) groups is 2.